The molecule has 0 amide bonds. The van der Waals surface area contributed by atoms with Gasteiger partial charge in [-0.05, 0) is 24.3 Å². The molecular weight excluding hydrogens is 486 g/mol. The van der Waals surface area contributed by atoms with E-state index in [1.807, 2.05) is 48.6 Å². The Morgan fingerprint density at radius 1 is 0.853 bits per heavy atom. The van der Waals surface area contributed by atoms with Gasteiger partial charge in [0.15, 0.2) is 11.5 Å². The molecule has 7 N–H and O–H groups in total. The van der Waals surface area contributed by atoms with Crippen molar-refractivity contribution >= 4 is 34.3 Å². The van der Waals surface area contributed by atoms with E-state index < -0.39 is 23.0 Å². The van der Waals surface area contributed by atoms with E-state index in [4.69, 9.17) is 5.73 Å². The van der Waals surface area contributed by atoms with Crippen molar-refractivity contribution in [1.29, 1.82) is 0 Å². The van der Waals surface area contributed by atoms with Gasteiger partial charge in [-0.1, -0.05) is 0 Å². The summed E-state index contributed by atoms with van der Waals surface area (Å²) in [6, 6.07) is 4.87. The number of nitrogens with one attached hydrogen (secondary N) is 1. The standard InChI is InChI=1S/C25H20N4O4.Zn/c1-14-2-5-18(27-14)12-19-8-9-21(29-19)13-20-7-6-17(28-20)11-16(26)4-3-15-10-22(30)24(32)25(33)23(15)31;/h1-13,28,30-33H,26H2;. The number of benzene rings is 1. The molecule has 0 fully saturated rings. The molecule has 0 aliphatic carbocycles. The quantitative estimate of drug-likeness (QED) is 0.154. The first-order chi connectivity index (χ1) is 16.3. The van der Waals surface area contributed by atoms with Crippen molar-refractivity contribution < 1.29 is 38.3 Å². The van der Waals surface area contributed by atoms with Crippen LogP contribution in [0.1, 0.15) is 17.0 Å². The predicted octanol–water partition coefficient (Wildman–Crippen LogP) is 3.45. The number of phenols is 4. The zero-order chi connectivity index (χ0) is 24.2. The fourth-order valence-corrected chi connectivity index (χ4v) is 3.72. The minimum absolute atomic E-state index is 0.0993. The molecule has 1 aromatic carbocycles. The Morgan fingerprint density at radius 2 is 1.53 bits per heavy atom. The van der Waals surface area contributed by atoms with Crippen LogP contribution in [0, 0.1) is 0 Å². The van der Waals surface area contributed by atoms with E-state index in [2.05, 4.69) is 19.6 Å². The Morgan fingerprint density at radius 3 is 2.26 bits per heavy atom. The van der Waals surface area contributed by atoms with E-state index in [0.717, 1.165) is 58.1 Å². The molecule has 0 bridgehead atoms. The number of allylic oxidation sites excluding steroid dienone is 6. The maximum atomic E-state index is 9.89. The topological polar surface area (TPSA) is 147 Å². The number of aromatic hydroxyl groups is 4. The van der Waals surface area contributed by atoms with Crippen molar-refractivity contribution in [1.82, 2.24) is 4.98 Å². The van der Waals surface area contributed by atoms with Gasteiger partial charge in [0, 0.05) is 11.3 Å². The van der Waals surface area contributed by atoms with Gasteiger partial charge in [-0.3, -0.25) is 0 Å². The SMILES string of the molecule is NC(C=Cc1cc(O)c(O)c(O)c1O)=Cc1ccc(C=C2C=CC(C=C3C=CC([CH]=[Zn])=N3)=N2)[nH]1. The van der Waals surface area contributed by atoms with Gasteiger partial charge in [0.05, 0.1) is 0 Å². The fourth-order valence-electron chi connectivity index (χ4n) is 3.25. The van der Waals surface area contributed by atoms with E-state index in [1.54, 1.807) is 6.08 Å². The summed E-state index contributed by atoms with van der Waals surface area (Å²) in [6.07, 6.45) is 16.3. The van der Waals surface area contributed by atoms with Gasteiger partial charge in [0.25, 0.3) is 0 Å². The summed E-state index contributed by atoms with van der Waals surface area (Å²) >= 11 is 1.07. The number of nitrogens with zero attached hydrogens (tertiary/aromatic N) is 2. The van der Waals surface area contributed by atoms with Gasteiger partial charge in [0.1, 0.15) is 0 Å². The third-order valence-electron chi connectivity index (χ3n) is 4.94. The third-order valence-corrected chi connectivity index (χ3v) is 5.82. The molecule has 0 radical (unpaired) electrons. The Balaban J connectivity index is 1.46. The molecule has 166 valence electrons. The molecule has 1 aromatic heterocycles. The number of aliphatic imine (C=N–C) groups is 2. The number of phenolic OH excluding ortho intramolecular Hbond substituents is 4. The van der Waals surface area contributed by atoms with Crippen molar-refractivity contribution in [2.75, 3.05) is 0 Å². The van der Waals surface area contributed by atoms with Crippen LogP contribution in [0.25, 0.3) is 18.2 Å². The zero-order valence-electron chi connectivity index (χ0n) is 18.0. The molecule has 3 heterocycles. The van der Waals surface area contributed by atoms with Crippen LogP contribution < -0.4 is 5.73 Å². The summed E-state index contributed by atoms with van der Waals surface area (Å²) in [5, 5.41) is 38.5. The Bertz CT molecular complexity index is 1420. The van der Waals surface area contributed by atoms with E-state index in [1.165, 1.54) is 12.2 Å². The average Bonchev–Trinajstić information content (AvgIpc) is 3.56. The van der Waals surface area contributed by atoms with Crippen LogP contribution in [0.4, 0.5) is 0 Å². The van der Waals surface area contributed by atoms with Gasteiger partial charge in [-0.25, -0.2) is 0 Å². The van der Waals surface area contributed by atoms with Crippen LogP contribution in [0.3, 0.4) is 0 Å². The number of aromatic nitrogens is 1. The van der Waals surface area contributed by atoms with E-state index >= 15 is 0 Å². The normalized spacial score (nSPS) is 17.9. The molecule has 9 heteroatoms. The third kappa shape index (κ3) is 5.22. The fraction of sp³-hybridized carbons (Fsp3) is 0. The van der Waals surface area contributed by atoms with Crippen LogP contribution in [-0.4, -0.2) is 41.4 Å². The molecular formula is C25H20N4O4Zn. The first kappa shape index (κ1) is 22.9. The Labute approximate surface area is 204 Å². The molecule has 2 aliphatic rings. The number of H-pyrrole nitrogens is 1. The second-order valence-corrected chi connectivity index (χ2v) is 8.32. The Kier molecular flexibility index (Phi) is 6.56. The van der Waals surface area contributed by atoms with Crippen molar-refractivity contribution in [2.45, 2.75) is 0 Å². The first-order valence-corrected chi connectivity index (χ1v) is 11.9. The number of rotatable bonds is 6. The van der Waals surface area contributed by atoms with Crippen molar-refractivity contribution in [3.05, 3.63) is 88.7 Å². The molecule has 0 spiro atoms. The first-order valence-electron chi connectivity index (χ1n) is 10.2. The second kappa shape index (κ2) is 9.72. The molecule has 0 saturated carbocycles. The van der Waals surface area contributed by atoms with Crippen molar-refractivity contribution in [3.8, 4) is 23.0 Å². The number of hydrogen-bond donors (Lipinski definition) is 6. The molecule has 4 rings (SSSR count). The van der Waals surface area contributed by atoms with Crippen LogP contribution >= 0.6 is 0 Å². The van der Waals surface area contributed by atoms with Crippen molar-refractivity contribution in [3.63, 3.8) is 0 Å². The maximum absolute atomic E-state index is 9.89. The summed E-state index contributed by atoms with van der Waals surface area (Å²) < 4.78 is 2.07. The van der Waals surface area contributed by atoms with Gasteiger partial charge in [0.2, 0.25) is 11.5 Å². The zero-order valence-corrected chi connectivity index (χ0v) is 20.9. The summed E-state index contributed by atoms with van der Waals surface area (Å²) in [5.41, 5.74) is 11.6. The average molecular weight is 506 g/mol. The second-order valence-electron chi connectivity index (χ2n) is 7.46. The van der Waals surface area contributed by atoms with Gasteiger partial charge in [-0.2, -0.15) is 0 Å². The van der Waals surface area contributed by atoms with Crippen LogP contribution in [0.15, 0.2) is 81.7 Å². The van der Waals surface area contributed by atoms with Gasteiger partial charge >= 0.3 is 120 Å². The summed E-state index contributed by atoms with van der Waals surface area (Å²) in [5.74, 6) is -2.70. The number of aromatic amines is 1. The van der Waals surface area contributed by atoms with Crippen LogP contribution in [-0.2, 0) is 17.9 Å². The number of nitrogens with two attached hydrogens (primary N) is 1. The molecule has 0 saturated heterocycles. The summed E-state index contributed by atoms with van der Waals surface area (Å²) in [7, 11) is 0. The van der Waals surface area contributed by atoms with Crippen LogP contribution in [0.5, 0.6) is 23.0 Å². The molecule has 2 aromatic rings. The summed E-state index contributed by atoms with van der Waals surface area (Å²) in [6.45, 7) is 0. The van der Waals surface area contributed by atoms with E-state index in [9.17, 15) is 20.4 Å². The molecule has 34 heavy (non-hydrogen) atoms. The molecule has 2 aliphatic heterocycles. The number of hydrogen-bond acceptors (Lipinski definition) is 7. The van der Waals surface area contributed by atoms with E-state index in [-0.39, 0.29) is 5.56 Å². The monoisotopic (exact) mass is 504 g/mol. The van der Waals surface area contributed by atoms with Crippen molar-refractivity contribution in [2.24, 2.45) is 15.7 Å². The Hall–Kier alpha value is -4.23. The van der Waals surface area contributed by atoms with Gasteiger partial charge < -0.3 is 26.2 Å². The van der Waals surface area contributed by atoms with E-state index in [0.29, 0.717) is 5.70 Å². The summed E-state index contributed by atoms with van der Waals surface area (Å²) in [4.78, 5) is 12.3. The predicted molar refractivity (Wildman–Crippen MR) is 130 cm³/mol. The molecule has 0 atom stereocenters. The van der Waals surface area contributed by atoms with Gasteiger partial charge in [-0.15, -0.1) is 0 Å². The minimum atomic E-state index is -0.801. The molecule has 0 unspecified atom stereocenters. The molecule has 8 nitrogen and oxygen atoms in total. The van der Waals surface area contributed by atoms with Crippen LogP contribution in [0.2, 0.25) is 0 Å².